The fourth-order valence-electron chi connectivity index (χ4n) is 4.63. The molecule has 0 saturated carbocycles. The van der Waals surface area contributed by atoms with Gasteiger partial charge in [-0.15, -0.1) is 0 Å². The summed E-state index contributed by atoms with van der Waals surface area (Å²) in [5.74, 6) is 0.201. The molecule has 0 amide bonds. The van der Waals surface area contributed by atoms with Crippen molar-refractivity contribution in [3.8, 4) is 11.3 Å². The second-order valence-corrected chi connectivity index (χ2v) is 12.2. The lowest BCUT2D eigenvalue weighted by atomic mass is 10.2. The number of nitrogens with zero attached hydrogens (tertiary/aromatic N) is 4. The first-order valence-electron chi connectivity index (χ1n) is 13.0. The van der Waals surface area contributed by atoms with Crippen LogP contribution < -0.4 is 15.9 Å². The van der Waals surface area contributed by atoms with Crippen molar-refractivity contribution in [3.63, 3.8) is 0 Å². The highest BCUT2D eigenvalue weighted by Crippen LogP contribution is 2.49. The second-order valence-electron chi connectivity index (χ2n) is 9.17. The van der Waals surface area contributed by atoms with Crippen LogP contribution in [0.4, 0.5) is 10.3 Å². The Kier molecular flexibility index (Phi) is 7.30. The number of imidazole rings is 1. The standard InChI is InChI=1S/C34H26FN4P/c35-29-23-21-27(22-24-29)25-36-39-26-33(28-13-5-1-6-14-28)37-34(39)38-40(30-15-7-2-8-16-30,31-17-9-3-10-18-31)32-19-11-4-12-20-32/h1-26H/b36-25+. The Hall–Kier alpha value is -4.86. The van der Waals surface area contributed by atoms with Gasteiger partial charge in [-0.05, 0) is 17.7 Å². The van der Waals surface area contributed by atoms with E-state index >= 15 is 0 Å². The first kappa shape index (κ1) is 25.4. The highest BCUT2D eigenvalue weighted by atomic mass is 31.2. The molecule has 1 heterocycles. The Morgan fingerprint density at radius 1 is 0.600 bits per heavy atom. The molecule has 0 spiro atoms. The van der Waals surface area contributed by atoms with Crippen molar-refractivity contribution in [1.82, 2.24) is 9.66 Å². The number of hydrogen-bond donors (Lipinski definition) is 0. The summed E-state index contributed by atoms with van der Waals surface area (Å²) in [6.07, 6.45) is 3.59. The minimum atomic E-state index is -2.56. The average molecular weight is 541 g/mol. The van der Waals surface area contributed by atoms with Crippen molar-refractivity contribution in [3.05, 3.63) is 163 Å². The topological polar surface area (TPSA) is 42.5 Å². The Morgan fingerprint density at radius 3 is 1.57 bits per heavy atom. The van der Waals surface area contributed by atoms with Crippen LogP contribution in [-0.4, -0.2) is 15.9 Å². The molecule has 6 rings (SSSR count). The van der Waals surface area contributed by atoms with Crippen LogP contribution in [0.2, 0.25) is 0 Å². The quantitative estimate of drug-likeness (QED) is 0.154. The SMILES string of the molecule is Fc1ccc(/C=N/n2cc(-c3ccccc3)nc2N=P(c2ccccc2)(c2ccccc2)c2ccccc2)cc1. The molecular weight excluding hydrogens is 514 g/mol. The van der Waals surface area contributed by atoms with E-state index in [4.69, 9.17) is 14.8 Å². The fraction of sp³-hybridized carbons (Fsp3) is 0. The fourth-order valence-corrected chi connectivity index (χ4v) is 8.08. The first-order valence-corrected chi connectivity index (χ1v) is 14.7. The lowest BCUT2D eigenvalue weighted by Crippen LogP contribution is -2.25. The Bertz CT molecular complexity index is 1680. The normalized spacial score (nSPS) is 11.5. The van der Waals surface area contributed by atoms with Gasteiger partial charge in [0, 0.05) is 21.5 Å². The Labute approximate surface area is 233 Å². The highest BCUT2D eigenvalue weighted by molar-refractivity contribution is 7.87. The maximum absolute atomic E-state index is 13.5. The monoisotopic (exact) mass is 540 g/mol. The predicted octanol–water partition coefficient (Wildman–Crippen LogP) is 7.38. The molecule has 0 saturated heterocycles. The van der Waals surface area contributed by atoms with E-state index < -0.39 is 7.05 Å². The molecule has 0 N–H and O–H groups in total. The van der Waals surface area contributed by atoms with Crippen molar-refractivity contribution in [2.75, 3.05) is 0 Å². The third-order valence-corrected chi connectivity index (χ3v) is 10.2. The summed E-state index contributed by atoms with van der Waals surface area (Å²) in [6, 6.07) is 47.5. The van der Waals surface area contributed by atoms with Gasteiger partial charge in [0.05, 0.1) is 25.2 Å². The van der Waals surface area contributed by atoms with E-state index in [0.717, 1.165) is 32.7 Å². The highest BCUT2D eigenvalue weighted by Gasteiger charge is 2.28. The molecule has 0 bridgehead atoms. The van der Waals surface area contributed by atoms with E-state index in [2.05, 4.69) is 72.8 Å². The van der Waals surface area contributed by atoms with Crippen LogP contribution in [0.3, 0.4) is 0 Å². The minimum absolute atomic E-state index is 0.287. The van der Waals surface area contributed by atoms with Crippen molar-refractivity contribution < 1.29 is 4.39 Å². The molecule has 194 valence electrons. The molecule has 40 heavy (non-hydrogen) atoms. The average Bonchev–Trinajstić information content (AvgIpc) is 3.44. The number of hydrogen-bond acceptors (Lipinski definition) is 3. The number of aromatic nitrogens is 2. The summed E-state index contributed by atoms with van der Waals surface area (Å²) in [6.45, 7) is 0. The first-order chi connectivity index (χ1) is 19.7. The van der Waals surface area contributed by atoms with E-state index in [-0.39, 0.29) is 5.82 Å². The van der Waals surface area contributed by atoms with Crippen molar-refractivity contribution in [1.29, 1.82) is 0 Å². The molecule has 6 aromatic rings. The zero-order valence-electron chi connectivity index (χ0n) is 21.6. The number of rotatable bonds is 7. The summed E-state index contributed by atoms with van der Waals surface area (Å²) in [5.41, 5.74) is 2.51. The van der Waals surface area contributed by atoms with Gasteiger partial charge in [0.25, 0.3) is 5.95 Å². The smallest absolute Gasteiger partial charge is 0.217 e. The zero-order chi connectivity index (χ0) is 27.2. The largest absolute Gasteiger partial charge is 0.250 e. The lowest BCUT2D eigenvalue weighted by Gasteiger charge is -2.26. The van der Waals surface area contributed by atoms with E-state index in [1.807, 2.05) is 54.7 Å². The summed E-state index contributed by atoms with van der Waals surface area (Å²) < 4.78 is 20.8. The summed E-state index contributed by atoms with van der Waals surface area (Å²) >= 11 is 0. The van der Waals surface area contributed by atoms with Crippen LogP contribution in [0.25, 0.3) is 11.3 Å². The van der Waals surface area contributed by atoms with Crippen LogP contribution >= 0.6 is 7.05 Å². The maximum atomic E-state index is 13.5. The molecule has 0 radical (unpaired) electrons. The minimum Gasteiger partial charge on any atom is -0.217 e. The number of halogens is 1. The summed E-state index contributed by atoms with van der Waals surface area (Å²) in [5, 5.41) is 8.10. The van der Waals surface area contributed by atoms with Crippen molar-refractivity contribution >= 4 is 35.1 Å². The third-order valence-electron chi connectivity index (χ3n) is 6.57. The molecule has 1 aromatic heterocycles. The van der Waals surface area contributed by atoms with Crippen LogP contribution in [0, 0.1) is 5.82 Å². The van der Waals surface area contributed by atoms with Crippen LogP contribution in [0.15, 0.2) is 162 Å². The lowest BCUT2D eigenvalue weighted by molar-refractivity contribution is 0.628. The second kappa shape index (κ2) is 11.5. The van der Waals surface area contributed by atoms with Gasteiger partial charge >= 0.3 is 0 Å². The molecular formula is C34H26FN4P. The third kappa shape index (κ3) is 5.20. The van der Waals surface area contributed by atoms with Crippen molar-refractivity contribution in [2.24, 2.45) is 9.85 Å². The summed E-state index contributed by atoms with van der Waals surface area (Å²) in [4.78, 5) is 5.02. The van der Waals surface area contributed by atoms with Gasteiger partial charge in [-0.2, -0.15) is 5.10 Å². The Morgan fingerprint density at radius 2 is 1.07 bits per heavy atom. The number of benzene rings is 5. The van der Waals surface area contributed by atoms with Gasteiger partial charge in [-0.25, -0.2) is 18.8 Å². The molecule has 6 heteroatoms. The zero-order valence-corrected chi connectivity index (χ0v) is 22.5. The molecule has 0 aliphatic heterocycles. The van der Waals surface area contributed by atoms with Crippen LogP contribution in [0.5, 0.6) is 0 Å². The molecule has 0 atom stereocenters. The maximum Gasteiger partial charge on any atom is 0.250 e. The van der Waals surface area contributed by atoms with Gasteiger partial charge in [0.15, 0.2) is 0 Å². The van der Waals surface area contributed by atoms with Crippen molar-refractivity contribution in [2.45, 2.75) is 0 Å². The molecule has 0 aliphatic rings. The van der Waals surface area contributed by atoms with Crippen LogP contribution in [0.1, 0.15) is 5.56 Å². The van der Waals surface area contributed by atoms with Crippen LogP contribution in [-0.2, 0) is 0 Å². The molecule has 4 nitrogen and oxygen atoms in total. The predicted molar refractivity (Wildman–Crippen MR) is 164 cm³/mol. The summed E-state index contributed by atoms with van der Waals surface area (Å²) in [7, 11) is -2.56. The van der Waals surface area contributed by atoms with Gasteiger partial charge in [-0.3, -0.25) is 0 Å². The molecule has 0 unspecified atom stereocenters. The van der Waals surface area contributed by atoms with Gasteiger partial charge in [0.2, 0.25) is 0 Å². The van der Waals surface area contributed by atoms with E-state index in [0.29, 0.717) is 5.95 Å². The van der Waals surface area contributed by atoms with Gasteiger partial charge in [-0.1, -0.05) is 133 Å². The van der Waals surface area contributed by atoms with Gasteiger partial charge in [0.1, 0.15) is 5.82 Å². The molecule has 5 aromatic carbocycles. The molecule has 0 aliphatic carbocycles. The van der Waals surface area contributed by atoms with E-state index in [1.165, 1.54) is 12.1 Å². The Balaban J connectivity index is 1.64. The van der Waals surface area contributed by atoms with E-state index in [9.17, 15) is 4.39 Å². The van der Waals surface area contributed by atoms with Gasteiger partial charge < -0.3 is 0 Å². The van der Waals surface area contributed by atoms with E-state index in [1.54, 1.807) is 23.0 Å². The molecule has 0 fully saturated rings.